The first-order valence-electron chi connectivity index (χ1n) is 12.9. The second kappa shape index (κ2) is 14.1. The fraction of sp³-hybridized carbons (Fsp3) is 0.185. The van der Waals surface area contributed by atoms with Gasteiger partial charge < -0.3 is 10.4 Å². The number of azo groups is 1. The molecule has 0 unspecified atom stereocenters. The number of nitrogens with zero attached hydrogens (tertiary/aromatic N) is 4. The lowest BCUT2D eigenvalue weighted by molar-refractivity contribution is -0.385. The molecule has 4 aromatic rings. The van der Waals surface area contributed by atoms with Crippen LogP contribution in [-0.4, -0.2) is 73.0 Å². The summed E-state index contributed by atoms with van der Waals surface area (Å²) in [5.41, 5.74) is -0.715. The minimum atomic E-state index is -4.41. The molecule has 0 aliphatic heterocycles. The van der Waals surface area contributed by atoms with E-state index in [1.807, 2.05) is 0 Å². The third-order valence-electron chi connectivity index (χ3n) is 6.56. The van der Waals surface area contributed by atoms with Gasteiger partial charge in [-0.3, -0.25) is 14.8 Å². The predicted octanol–water partition coefficient (Wildman–Crippen LogP) is 4.34. The molecule has 0 bridgehead atoms. The Kier molecular flexibility index (Phi) is 11.1. The van der Waals surface area contributed by atoms with Crippen molar-refractivity contribution >= 4 is 75.8 Å². The fourth-order valence-electron chi connectivity index (χ4n) is 4.22. The zero-order valence-electron chi connectivity index (χ0n) is 24.5. The number of sulfonamides is 2. The van der Waals surface area contributed by atoms with Gasteiger partial charge in [-0.1, -0.05) is 18.2 Å². The van der Waals surface area contributed by atoms with Gasteiger partial charge >= 0.3 is 0 Å². The van der Waals surface area contributed by atoms with Crippen molar-refractivity contribution in [1.29, 1.82) is 0 Å². The Morgan fingerprint density at radius 2 is 1.52 bits per heavy atom. The summed E-state index contributed by atoms with van der Waals surface area (Å²) in [5, 5.41) is 32.9. The second-order valence-electron chi connectivity index (χ2n) is 9.72. The SMILES string of the molecule is CNCCN(C)S(=O)(=O)c1cccc(S(=O)(=O)Nc2cccc3c(O)ccc(N=Nc4ccc([N+](=O)[O-])cc4S(C)(=O)=O)c23)c1.Cl. The van der Waals surface area contributed by atoms with Crippen LogP contribution in [0.2, 0.25) is 0 Å². The molecule has 0 saturated heterocycles. The number of halogens is 1. The molecule has 3 N–H and O–H groups in total. The van der Waals surface area contributed by atoms with Crippen molar-refractivity contribution in [2.24, 2.45) is 10.2 Å². The summed E-state index contributed by atoms with van der Waals surface area (Å²) in [7, 11) is -9.34. The number of fused-ring (bicyclic) bond motifs is 1. The number of nitrogens with one attached hydrogen (secondary N) is 2. The maximum Gasteiger partial charge on any atom is 0.270 e. The zero-order chi connectivity index (χ0) is 33.2. The molecule has 4 rings (SSSR count). The van der Waals surface area contributed by atoms with E-state index < -0.39 is 45.4 Å². The number of phenols is 1. The third-order valence-corrected chi connectivity index (χ3v) is 10.9. The summed E-state index contributed by atoms with van der Waals surface area (Å²) in [6, 6.07) is 14.8. The Labute approximate surface area is 271 Å². The molecule has 0 aliphatic carbocycles. The van der Waals surface area contributed by atoms with Crippen molar-refractivity contribution in [1.82, 2.24) is 9.62 Å². The van der Waals surface area contributed by atoms with Crippen LogP contribution in [0.1, 0.15) is 0 Å². The molecular weight excluding hydrogens is 684 g/mol. The lowest BCUT2D eigenvalue weighted by Gasteiger charge is -2.18. The quantitative estimate of drug-likeness (QED) is 0.107. The molecule has 46 heavy (non-hydrogen) atoms. The van der Waals surface area contributed by atoms with Gasteiger partial charge in [-0.05, 0) is 49.5 Å². The van der Waals surface area contributed by atoms with Gasteiger partial charge in [0.1, 0.15) is 16.3 Å². The van der Waals surface area contributed by atoms with E-state index in [9.17, 15) is 40.5 Å². The molecule has 0 spiro atoms. The fourth-order valence-corrected chi connectivity index (χ4v) is 7.45. The first-order chi connectivity index (χ1) is 21.1. The molecule has 4 aromatic carbocycles. The average Bonchev–Trinajstić information content (AvgIpc) is 2.99. The van der Waals surface area contributed by atoms with Crippen LogP contribution in [0.4, 0.5) is 22.7 Å². The Morgan fingerprint density at radius 1 is 0.891 bits per heavy atom. The highest BCUT2D eigenvalue weighted by Crippen LogP contribution is 2.40. The van der Waals surface area contributed by atoms with Crippen LogP contribution < -0.4 is 10.0 Å². The first-order valence-corrected chi connectivity index (χ1v) is 17.8. The largest absolute Gasteiger partial charge is 0.507 e. The number of non-ortho nitro benzene ring substituents is 1. The van der Waals surface area contributed by atoms with Crippen LogP contribution >= 0.6 is 12.4 Å². The number of rotatable bonds is 12. The molecule has 0 heterocycles. The molecule has 0 atom stereocenters. The highest BCUT2D eigenvalue weighted by molar-refractivity contribution is 7.93. The van der Waals surface area contributed by atoms with Crippen LogP contribution in [0.25, 0.3) is 10.8 Å². The molecule has 0 fully saturated rings. The van der Waals surface area contributed by atoms with Gasteiger partial charge in [0.05, 0.1) is 26.1 Å². The van der Waals surface area contributed by atoms with Crippen molar-refractivity contribution in [3.05, 3.63) is 82.9 Å². The highest BCUT2D eigenvalue weighted by Gasteiger charge is 2.24. The van der Waals surface area contributed by atoms with E-state index in [2.05, 4.69) is 20.3 Å². The number of phenolic OH excluding ortho intramolecular Hbond substituents is 1. The number of sulfone groups is 1. The van der Waals surface area contributed by atoms with E-state index in [1.54, 1.807) is 7.05 Å². The normalized spacial score (nSPS) is 12.3. The van der Waals surface area contributed by atoms with E-state index in [0.29, 0.717) is 6.54 Å². The predicted molar refractivity (Wildman–Crippen MR) is 174 cm³/mol. The van der Waals surface area contributed by atoms with Gasteiger partial charge in [0, 0.05) is 49.3 Å². The van der Waals surface area contributed by atoms with Crippen LogP contribution in [0.3, 0.4) is 0 Å². The number of hydrogen-bond donors (Lipinski definition) is 3. The molecule has 246 valence electrons. The molecule has 0 saturated carbocycles. The monoisotopic (exact) mass is 712 g/mol. The van der Waals surface area contributed by atoms with E-state index in [-0.39, 0.29) is 62.3 Å². The number of anilines is 1. The highest BCUT2D eigenvalue weighted by atomic mass is 35.5. The minimum absolute atomic E-state index is 0. The smallest absolute Gasteiger partial charge is 0.270 e. The molecular formula is C27H29ClN6O9S3. The lowest BCUT2D eigenvalue weighted by Crippen LogP contribution is -2.33. The Bertz CT molecular complexity index is 2160. The minimum Gasteiger partial charge on any atom is -0.507 e. The number of likely N-dealkylation sites (N-methyl/N-ethyl adjacent to an activating group) is 2. The maximum atomic E-state index is 13.5. The third kappa shape index (κ3) is 7.77. The number of aromatic hydroxyl groups is 1. The van der Waals surface area contributed by atoms with Crippen LogP contribution in [0.5, 0.6) is 5.75 Å². The number of hydrogen-bond acceptors (Lipinski definition) is 12. The summed E-state index contributed by atoms with van der Waals surface area (Å²) < 4.78 is 81.2. The van der Waals surface area contributed by atoms with Crippen molar-refractivity contribution < 1.29 is 35.3 Å². The summed E-state index contributed by atoms with van der Waals surface area (Å²) in [5.74, 6) is -0.227. The Morgan fingerprint density at radius 3 is 2.17 bits per heavy atom. The summed E-state index contributed by atoms with van der Waals surface area (Å²) in [6.07, 6.45) is 0.856. The molecule has 15 nitrogen and oxygen atoms in total. The number of benzene rings is 4. The van der Waals surface area contributed by atoms with Gasteiger partial charge in [-0.15, -0.1) is 22.6 Å². The topological polar surface area (TPSA) is 218 Å². The van der Waals surface area contributed by atoms with Crippen LogP contribution in [0.15, 0.2) is 97.7 Å². The van der Waals surface area contributed by atoms with E-state index >= 15 is 0 Å². The summed E-state index contributed by atoms with van der Waals surface area (Å²) in [4.78, 5) is 9.39. The van der Waals surface area contributed by atoms with Gasteiger partial charge in [0.15, 0.2) is 9.84 Å². The van der Waals surface area contributed by atoms with Crippen molar-refractivity contribution in [2.75, 3.05) is 38.2 Å². The van der Waals surface area contributed by atoms with Crippen molar-refractivity contribution in [3.63, 3.8) is 0 Å². The van der Waals surface area contributed by atoms with Crippen LogP contribution in [-0.2, 0) is 29.9 Å². The molecule has 0 aliphatic rings. The van der Waals surface area contributed by atoms with Gasteiger partial charge in [0.25, 0.3) is 15.7 Å². The van der Waals surface area contributed by atoms with Gasteiger partial charge in [0.2, 0.25) is 10.0 Å². The standard InChI is InChI=1S/C27H28N6O9S3.ClH/c1-28-14-15-32(2)45(41,42)20-7-4-6-19(17-20)44(39,40)31-24-9-5-8-21-25(34)13-12-23(27(21)24)30-29-22-11-10-18(33(35)36)16-26(22)43(3,37)38;/h4-13,16-17,28,31,34H,14-15H2,1-3H3;1H. The lowest BCUT2D eigenvalue weighted by atomic mass is 10.1. The first kappa shape index (κ1) is 36.3. The number of nitro groups is 1. The zero-order valence-corrected chi connectivity index (χ0v) is 27.7. The van der Waals surface area contributed by atoms with E-state index in [0.717, 1.165) is 34.8 Å². The molecule has 0 amide bonds. The summed E-state index contributed by atoms with van der Waals surface area (Å²) >= 11 is 0. The second-order valence-corrected chi connectivity index (χ2v) is 15.4. The molecule has 0 radical (unpaired) electrons. The number of nitro benzene ring substituents is 1. The van der Waals surface area contributed by atoms with Crippen LogP contribution in [0, 0.1) is 10.1 Å². The van der Waals surface area contributed by atoms with Crippen molar-refractivity contribution in [2.45, 2.75) is 14.7 Å². The Hall–Kier alpha value is -4.20. The van der Waals surface area contributed by atoms with E-state index in [4.69, 9.17) is 0 Å². The van der Waals surface area contributed by atoms with E-state index in [1.165, 1.54) is 55.6 Å². The van der Waals surface area contributed by atoms with Gasteiger partial charge in [-0.25, -0.2) is 25.3 Å². The van der Waals surface area contributed by atoms with Crippen molar-refractivity contribution in [3.8, 4) is 5.75 Å². The molecule has 0 aromatic heterocycles. The van der Waals surface area contributed by atoms with Gasteiger partial charge in [-0.2, -0.15) is 4.31 Å². The summed E-state index contributed by atoms with van der Waals surface area (Å²) in [6.45, 7) is 0.527. The Balaban J connectivity index is 0.00000576. The average molecular weight is 713 g/mol. The molecule has 19 heteroatoms. The maximum absolute atomic E-state index is 13.5.